The van der Waals surface area contributed by atoms with Gasteiger partial charge in [-0.05, 0) is 18.2 Å². The molecule has 0 saturated heterocycles. The van der Waals surface area contributed by atoms with Crippen molar-refractivity contribution in [3.8, 4) is 0 Å². The fourth-order valence-corrected chi connectivity index (χ4v) is 1.94. The number of pyridine rings is 1. The van der Waals surface area contributed by atoms with Crippen molar-refractivity contribution >= 4 is 16.8 Å². The van der Waals surface area contributed by atoms with Gasteiger partial charge in [-0.15, -0.1) is 0 Å². The van der Waals surface area contributed by atoms with E-state index in [1.165, 1.54) is 0 Å². The number of benzene rings is 1. The van der Waals surface area contributed by atoms with Gasteiger partial charge in [-0.1, -0.05) is 18.2 Å². The fourth-order valence-electron chi connectivity index (χ4n) is 1.94. The van der Waals surface area contributed by atoms with Gasteiger partial charge in [0.25, 0.3) is 5.91 Å². The number of H-pyrrole nitrogens is 1. The van der Waals surface area contributed by atoms with E-state index in [-0.39, 0.29) is 5.91 Å². The first-order valence-electron chi connectivity index (χ1n) is 5.95. The van der Waals surface area contributed by atoms with Gasteiger partial charge in [0.2, 0.25) is 0 Å². The molecule has 0 aliphatic rings. The van der Waals surface area contributed by atoms with E-state index in [1.54, 1.807) is 18.5 Å². The van der Waals surface area contributed by atoms with Crippen molar-refractivity contribution < 1.29 is 4.79 Å². The van der Waals surface area contributed by atoms with Gasteiger partial charge in [-0.3, -0.25) is 14.9 Å². The predicted octanol–water partition coefficient (Wildman–Crippen LogP) is 1.89. The summed E-state index contributed by atoms with van der Waals surface area (Å²) in [6.45, 7) is 0.419. The first-order chi connectivity index (χ1) is 9.34. The Bertz CT molecular complexity index is 701. The highest BCUT2D eigenvalue weighted by Crippen LogP contribution is 2.15. The van der Waals surface area contributed by atoms with Gasteiger partial charge in [-0.25, -0.2) is 0 Å². The van der Waals surface area contributed by atoms with Crippen molar-refractivity contribution in [3.05, 3.63) is 60.0 Å². The summed E-state index contributed by atoms with van der Waals surface area (Å²) in [7, 11) is 0. The Morgan fingerprint density at radius 1 is 1.16 bits per heavy atom. The largest absolute Gasteiger partial charge is 0.346 e. The van der Waals surface area contributed by atoms with Gasteiger partial charge in [0.05, 0.1) is 23.3 Å². The van der Waals surface area contributed by atoms with Crippen molar-refractivity contribution in [2.45, 2.75) is 6.54 Å². The first kappa shape index (κ1) is 11.4. The van der Waals surface area contributed by atoms with Crippen LogP contribution in [0.25, 0.3) is 10.9 Å². The minimum Gasteiger partial charge on any atom is -0.346 e. The lowest BCUT2D eigenvalue weighted by atomic mass is 10.1. The maximum atomic E-state index is 12.2. The molecule has 0 aliphatic carbocycles. The number of fused-ring (bicyclic) bond motifs is 1. The lowest BCUT2D eigenvalue weighted by Crippen LogP contribution is -2.23. The average molecular weight is 252 g/mol. The molecule has 94 valence electrons. The van der Waals surface area contributed by atoms with Crippen LogP contribution in [-0.4, -0.2) is 21.1 Å². The van der Waals surface area contributed by atoms with Crippen LogP contribution in [0.2, 0.25) is 0 Å². The van der Waals surface area contributed by atoms with Gasteiger partial charge in [-0.2, -0.15) is 5.10 Å². The third kappa shape index (κ3) is 2.30. The summed E-state index contributed by atoms with van der Waals surface area (Å²) in [6, 6.07) is 11.2. The van der Waals surface area contributed by atoms with Crippen molar-refractivity contribution in [2.75, 3.05) is 0 Å². The average Bonchev–Trinajstić information content (AvgIpc) is 2.97. The quantitative estimate of drug-likeness (QED) is 0.747. The normalized spacial score (nSPS) is 10.5. The number of carbonyl (C=O) groups is 1. The number of hydrogen-bond donors (Lipinski definition) is 2. The van der Waals surface area contributed by atoms with E-state index in [1.807, 2.05) is 30.3 Å². The number of amides is 1. The molecule has 0 atom stereocenters. The van der Waals surface area contributed by atoms with Crippen LogP contribution >= 0.6 is 0 Å². The van der Waals surface area contributed by atoms with E-state index in [0.717, 1.165) is 11.1 Å². The molecule has 3 rings (SSSR count). The van der Waals surface area contributed by atoms with Crippen LogP contribution in [0.4, 0.5) is 0 Å². The topological polar surface area (TPSA) is 70.7 Å². The van der Waals surface area contributed by atoms with Crippen molar-refractivity contribution in [3.63, 3.8) is 0 Å². The summed E-state index contributed by atoms with van der Waals surface area (Å²) in [4.78, 5) is 16.4. The van der Waals surface area contributed by atoms with E-state index in [0.29, 0.717) is 17.6 Å². The van der Waals surface area contributed by atoms with Crippen LogP contribution in [0.1, 0.15) is 16.1 Å². The highest BCUT2D eigenvalue weighted by atomic mass is 16.1. The van der Waals surface area contributed by atoms with Crippen molar-refractivity contribution in [1.29, 1.82) is 0 Å². The van der Waals surface area contributed by atoms with Gasteiger partial charge >= 0.3 is 0 Å². The second kappa shape index (κ2) is 4.89. The lowest BCUT2D eigenvalue weighted by Gasteiger charge is -2.06. The highest BCUT2D eigenvalue weighted by Gasteiger charge is 2.10. The molecule has 0 unspecified atom stereocenters. The monoisotopic (exact) mass is 252 g/mol. The van der Waals surface area contributed by atoms with E-state index in [2.05, 4.69) is 20.5 Å². The third-order valence-corrected chi connectivity index (χ3v) is 2.88. The molecule has 0 saturated carbocycles. The molecular weight excluding hydrogens is 240 g/mol. The molecule has 2 N–H and O–H groups in total. The van der Waals surface area contributed by atoms with E-state index >= 15 is 0 Å². The maximum absolute atomic E-state index is 12.2. The molecule has 0 fully saturated rings. The Hall–Kier alpha value is -2.69. The Balaban J connectivity index is 1.85. The van der Waals surface area contributed by atoms with Crippen LogP contribution in [0, 0.1) is 0 Å². The number of rotatable bonds is 3. The third-order valence-electron chi connectivity index (χ3n) is 2.88. The second-order valence-electron chi connectivity index (χ2n) is 4.15. The standard InChI is InChI=1S/C14H12N4O/c19-14(16-9-11-6-8-17-18-11)12-5-1-3-10-4-2-7-15-13(10)12/h1-8H,9H2,(H,16,19)(H,17,18). The molecular formula is C14H12N4O. The summed E-state index contributed by atoms with van der Waals surface area (Å²) in [5, 5.41) is 10.4. The van der Waals surface area contributed by atoms with E-state index < -0.39 is 0 Å². The summed E-state index contributed by atoms with van der Waals surface area (Å²) < 4.78 is 0. The van der Waals surface area contributed by atoms with Gasteiger partial charge in [0, 0.05) is 17.8 Å². The van der Waals surface area contributed by atoms with Crippen LogP contribution in [0.15, 0.2) is 48.8 Å². The van der Waals surface area contributed by atoms with Gasteiger partial charge in [0.15, 0.2) is 0 Å². The minimum atomic E-state index is -0.140. The van der Waals surface area contributed by atoms with Gasteiger partial charge < -0.3 is 5.32 Å². The van der Waals surface area contributed by atoms with Gasteiger partial charge in [0.1, 0.15) is 0 Å². The fraction of sp³-hybridized carbons (Fsp3) is 0.0714. The number of aromatic nitrogens is 3. The molecule has 19 heavy (non-hydrogen) atoms. The number of hydrogen-bond acceptors (Lipinski definition) is 3. The zero-order valence-electron chi connectivity index (χ0n) is 10.1. The lowest BCUT2D eigenvalue weighted by molar-refractivity contribution is 0.0952. The molecule has 0 radical (unpaired) electrons. The number of nitrogens with zero attached hydrogens (tertiary/aromatic N) is 2. The number of nitrogens with one attached hydrogen (secondary N) is 2. The molecule has 3 aromatic rings. The predicted molar refractivity (Wildman–Crippen MR) is 71.5 cm³/mol. The summed E-state index contributed by atoms with van der Waals surface area (Å²) in [5.41, 5.74) is 2.16. The summed E-state index contributed by atoms with van der Waals surface area (Å²) >= 11 is 0. The molecule has 0 spiro atoms. The zero-order valence-corrected chi connectivity index (χ0v) is 10.1. The molecule has 2 heterocycles. The molecule has 1 amide bonds. The summed E-state index contributed by atoms with van der Waals surface area (Å²) in [6.07, 6.45) is 3.34. The SMILES string of the molecule is O=C(NCc1ccn[nH]1)c1cccc2cccnc12. The van der Waals surface area contributed by atoms with Crippen LogP contribution in [0.3, 0.4) is 0 Å². The van der Waals surface area contributed by atoms with E-state index in [4.69, 9.17) is 0 Å². The van der Waals surface area contributed by atoms with Crippen molar-refractivity contribution in [1.82, 2.24) is 20.5 Å². The van der Waals surface area contributed by atoms with Crippen LogP contribution in [0.5, 0.6) is 0 Å². The summed E-state index contributed by atoms with van der Waals surface area (Å²) in [5.74, 6) is -0.140. The number of aromatic amines is 1. The Morgan fingerprint density at radius 3 is 2.89 bits per heavy atom. The van der Waals surface area contributed by atoms with Crippen LogP contribution in [-0.2, 0) is 6.54 Å². The highest BCUT2D eigenvalue weighted by molar-refractivity contribution is 6.05. The number of para-hydroxylation sites is 1. The molecule has 1 aromatic carbocycles. The van der Waals surface area contributed by atoms with Crippen LogP contribution < -0.4 is 5.32 Å². The number of carbonyl (C=O) groups excluding carboxylic acids is 1. The molecule has 2 aromatic heterocycles. The van der Waals surface area contributed by atoms with Crippen molar-refractivity contribution in [2.24, 2.45) is 0 Å². The molecule has 0 bridgehead atoms. The van der Waals surface area contributed by atoms with E-state index in [9.17, 15) is 4.79 Å². The minimum absolute atomic E-state index is 0.140. The molecule has 5 nitrogen and oxygen atoms in total. The molecule has 0 aliphatic heterocycles. The molecule has 5 heteroatoms. The zero-order chi connectivity index (χ0) is 13.1. The maximum Gasteiger partial charge on any atom is 0.253 e. The Kier molecular flexibility index (Phi) is 2.94. The first-order valence-corrected chi connectivity index (χ1v) is 5.95. The Labute approximate surface area is 109 Å². The Morgan fingerprint density at radius 2 is 2.05 bits per heavy atom. The second-order valence-corrected chi connectivity index (χ2v) is 4.15. The smallest absolute Gasteiger partial charge is 0.253 e.